The average molecular weight is 1030 g/mol. The Balaban J connectivity index is 0.00000117. The van der Waals surface area contributed by atoms with Crippen LogP contribution in [0.3, 0.4) is 0 Å². The van der Waals surface area contributed by atoms with Crippen LogP contribution in [0.1, 0.15) is 0 Å². The normalized spacial score (nSPS) is 12.3. The molecule has 6 aromatic rings. The number of fused-ring (bicyclic) bond motifs is 2. The zero-order valence-electron chi connectivity index (χ0n) is 35.5. The van der Waals surface area contributed by atoms with Gasteiger partial charge in [0.2, 0.25) is 0 Å². The summed E-state index contributed by atoms with van der Waals surface area (Å²) in [5.74, 6) is -1.37. The van der Waals surface area contributed by atoms with Crippen LogP contribution in [-0.2, 0) is 40.5 Å². The number of aromatic hydroxyl groups is 2. The van der Waals surface area contributed by atoms with Crippen molar-refractivity contribution in [1.29, 1.82) is 0 Å². The molecule has 68 heavy (non-hydrogen) atoms. The molecule has 0 saturated heterocycles. The molecule has 0 aliphatic carbocycles. The number of rotatable bonds is 15. The van der Waals surface area contributed by atoms with Crippen molar-refractivity contribution in [2.45, 2.75) is 19.6 Å². The first-order chi connectivity index (χ1) is 31.2. The molecule has 0 spiro atoms. The molecular weight excluding hydrogens is 994 g/mol. The largest absolute Gasteiger partial charge is 1.00 e. The van der Waals surface area contributed by atoms with Gasteiger partial charge in [0.15, 0.2) is 11.5 Å². The summed E-state index contributed by atoms with van der Waals surface area (Å²) in [5, 5.41) is 53.8. The van der Waals surface area contributed by atoms with E-state index in [1.807, 2.05) is 5.32 Å². The first-order valence-corrected chi connectivity index (χ1v) is 24.2. The fourth-order valence-corrected chi connectivity index (χ4v) is 8.73. The van der Waals surface area contributed by atoms with E-state index in [2.05, 4.69) is 20.5 Å². The maximum atomic E-state index is 12.2. The number of anilines is 2. The summed E-state index contributed by atoms with van der Waals surface area (Å²) < 4.78 is 150. The summed E-state index contributed by atoms with van der Waals surface area (Å²) in [6, 6.07) is 13.0. The van der Waals surface area contributed by atoms with Crippen LogP contribution in [0, 0.1) is 0 Å². The molecule has 6 aromatic carbocycles. The third-order valence-electron chi connectivity index (χ3n) is 9.33. The van der Waals surface area contributed by atoms with Gasteiger partial charge < -0.3 is 55.8 Å². The Morgan fingerprint density at radius 3 is 1.19 bits per heavy atom. The van der Waals surface area contributed by atoms with Crippen LogP contribution in [0.4, 0.5) is 34.1 Å². The predicted molar refractivity (Wildman–Crippen MR) is 235 cm³/mol. The van der Waals surface area contributed by atoms with Crippen molar-refractivity contribution in [3.63, 3.8) is 0 Å². The third kappa shape index (κ3) is 12.5. The Bertz CT molecular complexity index is 3220. The topological polar surface area (TPSA) is 441 Å². The van der Waals surface area contributed by atoms with Gasteiger partial charge in [-0.05, 0) is 71.8 Å². The molecule has 358 valence electrons. The number of phenolic OH excluding ortho intramolecular Hbond substituents is 2. The smallest absolute Gasteiger partial charge is 0.744 e. The van der Waals surface area contributed by atoms with E-state index in [1.54, 1.807) is 12.1 Å². The summed E-state index contributed by atoms with van der Waals surface area (Å²) in [7, 11) is -17.9. The summed E-state index contributed by atoms with van der Waals surface area (Å²) in [4.78, 5) is -3.71. The van der Waals surface area contributed by atoms with Crippen LogP contribution in [0.15, 0.2) is 113 Å². The number of hydrogen-bond acceptors (Lipinski definition) is 22. The van der Waals surface area contributed by atoms with Gasteiger partial charge in [0, 0.05) is 22.1 Å². The molecule has 0 amide bonds. The van der Waals surface area contributed by atoms with Gasteiger partial charge in [0.05, 0.1) is 70.9 Å². The molecule has 6 rings (SSSR count). The molecule has 0 saturated carbocycles. The van der Waals surface area contributed by atoms with Gasteiger partial charge in [-0.3, -0.25) is 9.11 Å². The number of hydrogen-bond donors (Lipinski definition) is 9. The minimum Gasteiger partial charge on any atom is -0.744 e. The van der Waals surface area contributed by atoms with Gasteiger partial charge >= 0.3 is 29.6 Å². The second-order valence-electron chi connectivity index (χ2n) is 13.7. The quantitative estimate of drug-likeness (QED) is 0.0214. The van der Waals surface area contributed by atoms with Gasteiger partial charge in [-0.25, -0.2) is 16.8 Å². The molecule has 12 N–H and O–H groups in total. The molecule has 0 heterocycles. The van der Waals surface area contributed by atoms with E-state index in [-0.39, 0.29) is 65.6 Å². The minimum atomic E-state index is -5.35. The van der Waals surface area contributed by atoms with E-state index in [1.165, 1.54) is 38.5 Å². The number of nitrogens with zero attached hydrogens (tertiary/aromatic N) is 4. The number of phenols is 2. The first kappa shape index (κ1) is 55.0. The van der Waals surface area contributed by atoms with Crippen LogP contribution >= 0.6 is 0 Å². The molecule has 0 aliphatic heterocycles. The molecule has 0 unspecified atom stereocenters. The van der Waals surface area contributed by atoms with E-state index in [4.69, 9.17) is 31.2 Å². The molecule has 0 radical (unpaired) electrons. The van der Waals surface area contributed by atoms with Crippen molar-refractivity contribution >= 4 is 96.1 Å². The van der Waals surface area contributed by atoms with Gasteiger partial charge in [-0.15, -0.1) is 20.5 Å². The van der Waals surface area contributed by atoms with Gasteiger partial charge in [-0.2, -0.15) is 16.8 Å². The Kier molecular flexibility index (Phi) is 17.6. The molecule has 25 nitrogen and oxygen atoms in total. The van der Waals surface area contributed by atoms with Crippen LogP contribution in [0.5, 0.6) is 23.0 Å². The Labute approximate surface area is 409 Å². The van der Waals surface area contributed by atoms with E-state index in [0.717, 1.165) is 12.1 Å². The molecule has 0 bridgehead atoms. The standard InChI is InChI=1S/C34H28N6O16S4.C4H11NO2.Na/c1-55-27-7-15(3-5-23(27)37-39-25-13-29(59(49,50)51)19-9-17(57(43,44)45)11-21(35)31(19)33(25)41)16-4-6-24(28(8-16)56-2)38-40-26-14-30(60(52,53)54)20-10-18(58(46,47)48)12-22(36)32(20)34(26)42;6-3-1-5-2-4-7;/h3-14,41-42H,35-36H2,1-2H3,(H,43,44,45)(H,46,47,48)(H,49,50,51)(H,52,53,54);5-7H,1-4H2;/q;;+1/p-1. The maximum Gasteiger partial charge on any atom is 1.00 e. The number of quaternary nitrogens is 1. The van der Waals surface area contributed by atoms with E-state index < -0.39 is 116 Å². The number of aliphatic hydroxyl groups excluding tert-OH is 2. The number of aliphatic hydroxyl groups is 2. The second kappa shape index (κ2) is 21.8. The van der Waals surface area contributed by atoms with Gasteiger partial charge in [0.1, 0.15) is 54.5 Å². The van der Waals surface area contributed by atoms with Crippen molar-refractivity contribution in [1.82, 2.24) is 0 Å². The monoisotopic (exact) mass is 1030 g/mol. The van der Waals surface area contributed by atoms with Crippen LogP contribution in [-0.4, -0.2) is 113 Å². The maximum absolute atomic E-state index is 12.2. The average Bonchev–Trinajstić information content (AvgIpc) is 3.24. The fourth-order valence-electron chi connectivity index (χ4n) is 6.27. The summed E-state index contributed by atoms with van der Waals surface area (Å²) >= 11 is 0. The number of ether oxygens (including phenoxy) is 2. The molecule has 0 atom stereocenters. The number of nitrogens with two attached hydrogens (primary N) is 3. The van der Waals surface area contributed by atoms with Crippen molar-refractivity contribution in [3.05, 3.63) is 72.8 Å². The van der Waals surface area contributed by atoms with Gasteiger partial charge in [0.25, 0.3) is 20.2 Å². The summed E-state index contributed by atoms with van der Waals surface area (Å²) in [6.07, 6.45) is 0. The number of nitrogen functional groups attached to an aromatic ring is 2. The SMILES string of the molecule is COc1cc(-c2ccc(N=Nc3cc(S(=O)(=O)[O-])c4cc(S(=O)(=O)O)cc(N)c4c3O)c(OC)c2)ccc1N=Nc1cc(S(=O)(=O)[O-])c2cc(S(=O)(=O)O)cc(N)c2c1O.OCC[NH2+]CCO.[Na+]. The van der Waals surface area contributed by atoms with Crippen LogP contribution in [0.2, 0.25) is 0 Å². The molecule has 0 aliphatic rings. The molecular formula is C38H38N7NaO18S4. The zero-order chi connectivity index (χ0) is 49.8. The summed E-state index contributed by atoms with van der Waals surface area (Å²) in [5.41, 5.74) is 10.7. The fraction of sp³-hybridized carbons (Fsp3) is 0.158. The second-order valence-corrected chi connectivity index (χ2v) is 19.2. The molecule has 30 heteroatoms. The number of methoxy groups -OCH3 is 2. The van der Waals surface area contributed by atoms with Crippen molar-refractivity contribution in [2.75, 3.05) is 52.0 Å². The van der Waals surface area contributed by atoms with E-state index >= 15 is 0 Å². The molecule has 0 fully saturated rings. The van der Waals surface area contributed by atoms with Crippen LogP contribution < -0.4 is 55.8 Å². The Morgan fingerprint density at radius 2 is 0.897 bits per heavy atom. The van der Waals surface area contributed by atoms with Crippen molar-refractivity contribution < 1.29 is 117 Å². The Morgan fingerprint density at radius 1 is 0.559 bits per heavy atom. The minimum absolute atomic E-state index is 0. The van der Waals surface area contributed by atoms with Crippen molar-refractivity contribution in [3.8, 4) is 34.1 Å². The third-order valence-corrected chi connectivity index (χ3v) is 12.8. The van der Waals surface area contributed by atoms with Crippen LogP contribution in [0.25, 0.3) is 32.7 Å². The van der Waals surface area contributed by atoms with Crippen molar-refractivity contribution in [2.24, 2.45) is 20.5 Å². The van der Waals surface area contributed by atoms with E-state index in [9.17, 15) is 62.1 Å². The zero-order valence-corrected chi connectivity index (χ0v) is 40.8. The van der Waals surface area contributed by atoms with E-state index in [0.29, 0.717) is 48.5 Å². The van der Waals surface area contributed by atoms with Gasteiger partial charge in [-0.1, -0.05) is 12.1 Å². The predicted octanol–water partition coefficient (Wildman–Crippen LogP) is -0.0764. The number of azo groups is 2. The summed E-state index contributed by atoms with van der Waals surface area (Å²) in [6.45, 7) is 1.78. The Hall–Kier alpha value is -5.64. The first-order valence-electron chi connectivity index (χ1n) is 18.5. The molecule has 0 aromatic heterocycles. The number of benzene rings is 6.